The average Bonchev–Trinajstić information content (AvgIpc) is 2.61. The normalized spacial score (nSPS) is 12.9. The monoisotopic (exact) mass is 348 g/mol. The predicted octanol–water partition coefficient (Wildman–Crippen LogP) is 2.74. The fourth-order valence-electron chi connectivity index (χ4n) is 2.22. The topological polar surface area (TPSA) is 105 Å². The van der Waals surface area contributed by atoms with Gasteiger partial charge in [-0.15, -0.1) is 0 Å². The molecule has 0 unspecified atom stereocenters. The summed E-state index contributed by atoms with van der Waals surface area (Å²) >= 11 is 0. The smallest absolute Gasteiger partial charge is 0.327 e. The zero-order valence-electron chi connectivity index (χ0n) is 13.4. The van der Waals surface area contributed by atoms with Gasteiger partial charge < -0.3 is 15.2 Å². The molecule has 0 radical (unpaired) electrons. The van der Waals surface area contributed by atoms with Gasteiger partial charge in [0, 0.05) is 0 Å². The summed E-state index contributed by atoms with van der Waals surface area (Å²) in [7, 11) is 0. The van der Waals surface area contributed by atoms with Crippen LogP contribution in [0.3, 0.4) is 0 Å². The van der Waals surface area contributed by atoms with Gasteiger partial charge in [-0.3, -0.25) is 14.9 Å². The van der Waals surface area contributed by atoms with Crippen molar-refractivity contribution >= 4 is 11.7 Å². The Balaban J connectivity index is 2.41. The molecule has 0 saturated heterocycles. The van der Waals surface area contributed by atoms with E-state index in [4.69, 9.17) is 15.2 Å². The van der Waals surface area contributed by atoms with Crippen molar-refractivity contribution in [3.05, 3.63) is 70.0 Å². The number of nitrogens with zero attached hydrogens (tertiary/aromatic N) is 1. The van der Waals surface area contributed by atoms with Crippen LogP contribution in [0.4, 0.5) is 10.1 Å². The summed E-state index contributed by atoms with van der Waals surface area (Å²) in [4.78, 5) is 22.4. The molecular weight excluding hydrogens is 331 g/mol. The molecule has 2 N–H and O–H groups in total. The lowest BCUT2D eigenvalue weighted by molar-refractivity contribution is -0.386. The molecule has 7 nitrogen and oxygen atoms in total. The highest BCUT2D eigenvalue weighted by Crippen LogP contribution is 2.32. The Labute approximate surface area is 143 Å². The lowest BCUT2D eigenvalue weighted by atomic mass is 10.0. The van der Waals surface area contributed by atoms with Gasteiger partial charge in [0.1, 0.15) is 18.0 Å². The second kappa shape index (κ2) is 8.20. The summed E-state index contributed by atoms with van der Waals surface area (Å²) in [5, 5.41) is 11.1. The van der Waals surface area contributed by atoms with Crippen molar-refractivity contribution in [1.29, 1.82) is 0 Å². The van der Waals surface area contributed by atoms with Crippen LogP contribution in [0.2, 0.25) is 0 Å². The Morgan fingerprint density at radius 3 is 2.56 bits per heavy atom. The molecule has 0 saturated carbocycles. The largest absolute Gasteiger partial charge is 0.476 e. The maximum absolute atomic E-state index is 13.3. The second-order valence-corrected chi connectivity index (χ2v) is 5.10. The van der Waals surface area contributed by atoms with Gasteiger partial charge in [-0.25, -0.2) is 4.39 Å². The summed E-state index contributed by atoms with van der Waals surface area (Å²) in [5.74, 6) is -1.67. The van der Waals surface area contributed by atoms with Crippen molar-refractivity contribution in [2.45, 2.75) is 19.1 Å². The zero-order valence-corrected chi connectivity index (χ0v) is 13.4. The van der Waals surface area contributed by atoms with Crippen molar-refractivity contribution in [2.75, 3.05) is 6.61 Å². The van der Waals surface area contributed by atoms with Gasteiger partial charge in [0.2, 0.25) is 0 Å². The number of ether oxygens (including phenoxy) is 2. The molecule has 0 aliphatic rings. The minimum Gasteiger partial charge on any atom is -0.476 e. The number of hydrogen-bond acceptors (Lipinski definition) is 6. The summed E-state index contributed by atoms with van der Waals surface area (Å²) in [6, 6.07) is 10.2. The Morgan fingerprint density at radius 1 is 1.28 bits per heavy atom. The molecule has 0 bridgehead atoms. The van der Waals surface area contributed by atoms with Gasteiger partial charge in [-0.1, -0.05) is 30.3 Å². The summed E-state index contributed by atoms with van der Waals surface area (Å²) in [6.07, 6.45) is -1.04. The third-order valence-corrected chi connectivity index (χ3v) is 3.38. The van der Waals surface area contributed by atoms with Crippen LogP contribution in [0.15, 0.2) is 48.5 Å². The van der Waals surface area contributed by atoms with Crippen LogP contribution in [0.5, 0.6) is 5.75 Å². The number of rotatable bonds is 7. The van der Waals surface area contributed by atoms with E-state index in [0.29, 0.717) is 5.56 Å². The number of esters is 1. The number of nitro groups is 1. The van der Waals surface area contributed by atoms with E-state index in [1.165, 1.54) is 0 Å². The van der Waals surface area contributed by atoms with E-state index in [2.05, 4.69) is 0 Å². The highest BCUT2D eigenvalue weighted by molar-refractivity contribution is 5.76. The number of hydrogen-bond donors (Lipinski definition) is 1. The number of carbonyl (C=O) groups is 1. The molecule has 0 fully saturated rings. The number of nitrogens with two attached hydrogens (primary N) is 1. The standard InChI is InChI=1S/C17H17FN2O5/c1-2-24-17(21)15(19)16(11-6-4-3-5-7-11)25-14-9-8-12(18)10-13(14)20(22)23/h3-10,15-16H,2,19H2,1H3/t15-,16-/m1/s1. The SMILES string of the molecule is CCOC(=O)[C@H](N)[C@H](Oc1ccc(F)cc1[N+](=O)[O-])c1ccccc1. The van der Waals surface area contributed by atoms with Crippen LogP contribution >= 0.6 is 0 Å². The fraction of sp³-hybridized carbons (Fsp3) is 0.235. The first-order chi connectivity index (χ1) is 11.9. The number of nitro benzene ring substituents is 1. The first kappa shape index (κ1) is 18.3. The zero-order chi connectivity index (χ0) is 18.4. The van der Waals surface area contributed by atoms with E-state index in [-0.39, 0.29) is 12.4 Å². The van der Waals surface area contributed by atoms with Crippen molar-refractivity contribution in [1.82, 2.24) is 0 Å². The molecular formula is C17H17FN2O5. The molecule has 2 rings (SSSR count). The van der Waals surface area contributed by atoms with Gasteiger partial charge in [0.05, 0.1) is 17.6 Å². The highest BCUT2D eigenvalue weighted by atomic mass is 19.1. The van der Waals surface area contributed by atoms with Crippen molar-refractivity contribution in [3.63, 3.8) is 0 Å². The van der Waals surface area contributed by atoms with Crippen LogP contribution in [0.1, 0.15) is 18.6 Å². The maximum atomic E-state index is 13.3. The van der Waals surface area contributed by atoms with Crippen LogP contribution < -0.4 is 10.5 Å². The predicted molar refractivity (Wildman–Crippen MR) is 87.5 cm³/mol. The van der Waals surface area contributed by atoms with Crippen LogP contribution in [0.25, 0.3) is 0 Å². The van der Waals surface area contributed by atoms with Crippen molar-refractivity contribution in [2.24, 2.45) is 5.73 Å². The Morgan fingerprint density at radius 2 is 1.96 bits per heavy atom. The first-order valence-electron chi connectivity index (χ1n) is 7.51. The first-order valence-corrected chi connectivity index (χ1v) is 7.51. The van der Waals surface area contributed by atoms with E-state index in [9.17, 15) is 19.3 Å². The minimum absolute atomic E-state index is 0.130. The van der Waals surface area contributed by atoms with Crippen LogP contribution in [-0.2, 0) is 9.53 Å². The molecule has 0 spiro atoms. The molecule has 0 aromatic heterocycles. The Bertz CT molecular complexity index is 754. The lowest BCUT2D eigenvalue weighted by Crippen LogP contribution is -2.40. The molecule has 2 aromatic carbocycles. The van der Waals surface area contributed by atoms with Crippen molar-refractivity contribution in [3.8, 4) is 5.75 Å². The number of benzene rings is 2. The molecule has 8 heteroatoms. The molecule has 132 valence electrons. The third kappa shape index (κ3) is 4.51. The third-order valence-electron chi connectivity index (χ3n) is 3.38. The summed E-state index contributed by atoms with van der Waals surface area (Å²) in [6.45, 7) is 1.76. The lowest BCUT2D eigenvalue weighted by Gasteiger charge is -2.24. The molecule has 0 aliphatic carbocycles. The second-order valence-electron chi connectivity index (χ2n) is 5.10. The van der Waals surface area contributed by atoms with Gasteiger partial charge in [-0.2, -0.15) is 0 Å². The van der Waals surface area contributed by atoms with Gasteiger partial charge in [-0.05, 0) is 24.6 Å². The van der Waals surface area contributed by atoms with E-state index in [1.807, 2.05) is 0 Å². The summed E-state index contributed by atoms with van der Waals surface area (Å²) in [5.41, 5.74) is 5.91. The number of carbonyl (C=O) groups excluding carboxylic acids is 1. The summed E-state index contributed by atoms with van der Waals surface area (Å²) < 4.78 is 23.8. The van der Waals surface area contributed by atoms with E-state index >= 15 is 0 Å². The number of halogens is 1. The van der Waals surface area contributed by atoms with Gasteiger partial charge in [0.15, 0.2) is 5.75 Å². The molecule has 0 amide bonds. The molecule has 0 heterocycles. The molecule has 2 aromatic rings. The molecule has 25 heavy (non-hydrogen) atoms. The Hall–Kier alpha value is -3.00. The van der Waals surface area contributed by atoms with Gasteiger partial charge >= 0.3 is 11.7 Å². The van der Waals surface area contributed by atoms with Gasteiger partial charge in [0.25, 0.3) is 0 Å². The van der Waals surface area contributed by atoms with Crippen LogP contribution in [0, 0.1) is 15.9 Å². The molecule has 2 atom stereocenters. The maximum Gasteiger partial charge on any atom is 0.327 e. The van der Waals surface area contributed by atoms with Crippen molar-refractivity contribution < 1.29 is 23.6 Å². The quantitative estimate of drug-likeness (QED) is 0.469. The van der Waals surface area contributed by atoms with E-state index in [0.717, 1.165) is 18.2 Å². The fourth-order valence-corrected chi connectivity index (χ4v) is 2.22. The van der Waals surface area contributed by atoms with E-state index in [1.54, 1.807) is 37.3 Å². The van der Waals surface area contributed by atoms with E-state index < -0.39 is 34.5 Å². The Kier molecular flexibility index (Phi) is 6.02. The van der Waals surface area contributed by atoms with Crippen LogP contribution in [-0.4, -0.2) is 23.5 Å². The minimum atomic E-state index is -1.22. The average molecular weight is 348 g/mol. The highest BCUT2D eigenvalue weighted by Gasteiger charge is 2.31. The molecule has 0 aliphatic heterocycles.